The minimum Gasteiger partial charge on any atom is -0.394 e. The number of halogens is 1. The van der Waals surface area contributed by atoms with E-state index in [1.807, 2.05) is 37.3 Å². The Kier molecular flexibility index (Phi) is 4.51. The zero-order valence-electron chi connectivity index (χ0n) is 8.83. The standard InChI is InChI=1S/C12H16BrNO/c1-10(13)8-14-12(2,9-15)11-6-4-3-5-7-11/h3-7,14-15H,1,8-9H2,2H3. The van der Waals surface area contributed by atoms with Crippen molar-refractivity contribution in [3.63, 3.8) is 0 Å². The first-order chi connectivity index (χ1) is 7.08. The van der Waals surface area contributed by atoms with E-state index in [1.165, 1.54) is 0 Å². The second-order valence-electron chi connectivity index (χ2n) is 3.73. The number of nitrogens with one attached hydrogen (secondary N) is 1. The molecular weight excluding hydrogens is 254 g/mol. The minimum atomic E-state index is -0.419. The van der Waals surface area contributed by atoms with Crippen LogP contribution in [0.2, 0.25) is 0 Å². The highest BCUT2D eigenvalue weighted by atomic mass is 79.9. The maximum atomic E-state index is 9.44. The Balaban J connectivity index is 2.80. The van der Waals surface area contributed by atoms with Gasteiger partial charge in [-0.2, -0.15) is 0 Å². The molecule has 1 atom stereocenters. The normalized spacial score (nSPS) is 14.6. The van der Waals surface area contributed by atoms with Crippen molar-refractivity contribution in [2.45, 2.75) is 12.5 Å². The summed E-state index contributed by atoms with van der Waals surface area (Å²) in [5.41, 5.74) is 0.652. The van der Waals surface area contributed by atoms with E-state index in [4.69, 9.17) is 0 Å². The van der Waals surface area contributed by atoms with Crippen LogP contribution in [0.1, 0.15) is 12.5 Å². The van der Waals surface area contributed by atoms with Crippen LogP contribution in [0.4, 0.5) is 0 Å². The molecule has 1 unspecified atom stereocenters. The Morgan fingerprint density at radius 1 is 1.47 bits per heavy atom. The molecule has 0 saturated carbocycles. The first kappa shape index (κ1) is 12.4. The molecule has 0 aromatic heterocycles. The lowest BCUT2D eigenvalue weighted by atomic mass is 9.93. The van der Waals surface area contributed by atoms with Gasteiger partial charge in [0.1, 0.15) is 0 Å². The van der Waals surface area contributed by atoms with E-state index in [1.54, 1.807) is 0 Å². The van der Waals surface area contributed by atoms with Crippen LogP contribution in [0.25, 0.3) is 0 Å². The fourth-order valence-electron chi connectivity index (χ4n) is 1.35. The highest BCUT2D eigenvalue weighted by Gasteiger charge is 2.24. The Hall–Kier alpha value is -0.640. The molecule has 1 rings (SSSR count). The van der Waals surface area contributed by atoms with Gasteiger partial charge in [0, 0.05) is 11.0 Å². The third-order valence-electron chi connectivity index (χ3n) is 2.40. The lowest BCUT2D eigenvalue weighted by molar-refractivity contribution is 0.179. The third kappa shape index (κ3) is 3.45. The van der Waals surface area contributed by atoms with E-state index in [0.717, 1.165) is 10.0 Å². The summed E-state index contributed by atoms with van der Waals surface area (Å²) in [5.74, 6) is 0. The van der Waals surface area contributed by atoms with Crippen LogP contribution in [-0.2, 0) is 5.54 Å². The van der Waals surface area contributed by atoms with Gasteiger partial charge >= 0.3 is 0 Å². The number of benzene rings is 1. The highest BCUT2D eigenvalue weighted by Crippen LogP contribution is 2.20. The molecule has 0 fully saturated rings. The van der Waals surface area contributed by atoms with Crippen LogP contribution in [0, 0.1) is 0 Å². The molecule has 2 nitrogen and oxygen atoms in total. The molecule has 15 heavy (non-hydrogen) atoms. The van der Waals surface area contributed by atoms with Crippen molar-refractivity contribution in [2.75, 3.05) is 13.2 Å². The second-order valence-corrected chi connectivity index (χ2v) is 4.85. The fraction of sp³-hybridized carbons (Fsp3) is 0.333. The highest BCUT2D eigenvalue weighted by molar-refractivity contribution is 9.11. The smallest absolute Gasteiger partial charge is 0.0652 e. The number of aliphatic hydroxyl groups is 1. The Bertz CT molecular complexity index is 326. The van der Waals surface area contributed by atoms with Crippen molar-refractivity contribution in [3.05, 3.63) is 47.0 Å². The molecule has 0 saturated heterocycles. The maximum Gasteiger partial charge on any atom is 0.0652 e. The Labute approximate surface area is 99.1 Å². The minimum absolute atomic E-state index is 0.0529. The van der Waals surface area contributed by atoms with Gasteiger partial charge in [0.25, 0.3) is 0 Å². The van der Waals surface area contributed by atoms with Gasteiger partial charge in [-0.15, -0.1) is 0 Å². The molecule has 3 heteroatoms. The van der Waals surface area contributed by atoms with Crippen molar-refractivity contribution in [2.24, 2.45) is 0 Å². The van der Waals surface area contributed by atoms with Gasteiger partial charge < -0.3 is 10.4 Å². The lowest BCUT2D eigenvalue weighted by Crippen LogP contribution is -2.43. The first-order valence-corrected chi connectivity index (χ1v) is 5.62. The van der Waals surface area contributed by atoms with Crippen LogP contribution in [0.15, 0.2) is 41.4 Å². The summed E-state index contributed by atoms with van der Waals surface area (Å²) >= 11 is 3.29. The van der Waals surface area contributed by atoms with E-state index >= 15 is 0 Å². The summed E-state index contributed by atoms with van der Waals surface area (Å²) in [7, 11) is 0. The van der Waals surface area contributed by atoms with Gasteiger partial charge in [-0.1, -0.05) is 52.8 Å². The van der Waals surface area contributed by atoms with Gasteiger partial charge in [0.15, 0.2) is 0 Å². The van der Waals surface area contributed by atoms with E-state index in [0.29, 0.717) is 6.54 Å². The summed E-state index contributed by atoms with van der Waals surface area (Å²) in [6, 6.07) is 9.90. The molecule has 82 valence electrons. The number of hydrogen-bond acceptors (Lipinski definition) is 2. The van der Waals surface area contributed by atoms with Crippen LogP contribution < -0.4 is 5.32 Å². The van der Waals surface area contributed by atoms with Crippen molar-refractivity contribution >= 4 is 15.9 Å². The molecule has 2 N–H and O–H groups in total. The van der Waals surface area contributed by atoms with Crippen LogP contribution in [0.3, 0.4) is 0 Å². The van der Waals surface area contributed by atoms with E-state index in [9.17, 15) is 5.11 Å². The fourth-order valence-corrected chi connectivity index (χ4v) is 1.49. The monoisotopic (exact) mass is 269 g/mol. The summed E-state index contributed by atoms with van der Waals surface area (Å²) in [6.45, 7) is 6.41. The second kappa shape index (κ2) is 5.45. The van der Waals surface area contributed by atoms with E-state index in [2.05, 4.69) is 27.8 Å². The summed E-state index contributed by atoms with van der Waals surface area (Å²) in [6.07, 6.45) is 0. The summed E-state index contributed by atoms with van der Waals surface area (Å²) < 4.78 is 0.873. The SMILES string of the molecule is C=C(Br)CNC(C)(CO)c1ccccc1. The molecule has 0 radical (unpaired) electrons. The molecule has 0 heterocycles. The van der Waals surface area contributed by atoms with Crippen molar-refractivity contribution < 1.29 is 5.11 Å². The zero-order valence-corrected chi connectivity index (χ0v) is 10.4. The van der Waals surface area contributed by atoms with Crippen LogP contribution in [0.5, 0.6) is 0 Å². The van der Waals surface area contributed by atoms with E-state index in [-0.39, 0.29) is 6.61 Å². The molecule has 1 aromatic carbocycles. The Morgan fingerprint density at radius 3 is 2.53 bits per heavy atom. The molecule has 0 spiro atoms. The van der Waals surface area contributed by atoms with Gasteiger partial charge in [0.2, 0.25) is 0 Å². The van der Waals surface area contributed by atoms with Crippen LogP contribution >= 0.6 is 15.9 Å². The molecule has 1 aromatic rings. The van der Waals surface area contributed by atoms with Crippen molar-refractivity contribution in [1.82, 2.24) is 5.32 Å². The Morgan fingerprint density at radius 2 is 2.07 bits per heavy atom. The topological polar surface area (TPSA) is 32.3 Å². The molecule has 0 bridgehead atoms. The molecule has 0 amide bonds. The lowest BCUT2D eigenvalue weighted by Gasteiger charge is -2.29. The quantitative estimate of drug-likeness (QED) is 0.861. The predicted octanol–water partition coefficient (Wildman–Crippen LogP) is 2.39. The zero-order chi connectivity index (χ0) is 11.3. The van der Waals surface area contributed by atoms with Crippen molar-refractivity contribution in [3.8, 4) is 0 Å². The van der Waals surface area contributed by atoms with Gasteiger partial charge in [-0.05, 0) is 12.5 Å². The predicted molar refractivity (Wildman–Crippen MR) is 66.9 cm³/mol. The van der Waals surface area contributed by atoms with Crippen molar-refractivity contribution in [1.29, 1.82) is 0 Å². The third-order valence-corrected chi connectivity index (χ3v) is 2.68. The molecule has 0 aliphatic carbocycles. The van der Waals surface area contributed by atoms with Gasteiger partial charge in [-0.3, -0.25) is 0 Å². The molecule has 0 aliphatic rings. The van der Waals surface area contributed by atoms with Gasteiger partial charge in [-0.25, -0.2) is 0 Å². The average molecular weight is 270 g/mol. The summed E-state index contributed by atoms with van der Waals surface area (Å²) in [5, 5.41) is 12.7. The molecular formula is C12H16BrNO. The number of hydrogen-bond donors (Lipinski definition) is 2. The first-order valence-electron chi connectivity index (χ1n) is 4.83. The van der Waals surface area contributed by atoms with E-state index < -0.39 is 5.54 Å². The largest absolute Gasteiger partial charge is 0.394 e. The number of rotatable bonds is 5. The molecule has 0 aliphatic heterocycles. The summed E-state index contributed by atoms with van der Waals surface area (Å²) in [4.78, 5) is 0. The van der Waals surface area contributed by atoms with Crippen LogP contribution in [-0.4, -0.2) is 18.3 Å². The van der Waals surface area contributed by atoms with Gasteiger partial charge in [0.05, 0.1) is 12.1 Å². The average Bonchev–Trinajstić information content (AvgIpc) is 2.27. The maximum absolute atomic E-state index is 9.44. The number of aliphatic hydroxyl groups excluding tert-OH is 1.